The first-order chi connectivity index (χ1) is 15.9. The van der Waals surface area contributed by atoms with Gasteiger partial charge in [-0.3, -0.25) is 10.2 Å². The summed E-state index contributed by atoms with van der Waals surface area (Å²) in [5.41, 5.74) is 10.2. The van der Waals surface area contributed by atoms with Crippen molar-refractivity contribution in [3.05, 3.63) is 108 Å². The van der Waals surface area contributed by atoms with E-state index in [9.17, 15) is 4.79 Å². The highest BCUT2D eigenvalue weighted by atomic mass is 32.1. The fraction of sp³-hybridized carbons (Fsp3) is 0.0370. The first kappa shape index (κ1) is 22.2. The molecule has 0 aliphatic carbocycles. The zero-order valence-corrected chi connectivity index (χ0v) is 18.9. The number of anilines is 1. The van der Waals surface area contributed by atoms with Crippen molar-refractivity contribution < 1.29 is 9.53 Å². The zero-order chi connectivity index (χ0) is 23.4. The molecule has 0 aromatic heterocycles. The molecule has 0 unspecified atom stereocenters. The summed E-state index contributed by atoms with van der Waals surface area (Å²) in [4.78, 5) is 13.8. The summed E-state index contributed by atoms with van der Waals surface area (Å²) in [7, 11) is 0. The molecule has 0 aliphatic heterocycles. The number of hydrogen-bond donors (Lipinski definition) is 4. The fourth-order valence-electron chi connectivity index (χ4n) is 3.40. The molecule has 0 bridgehead atoms. The number of ether oxygens (including phenoxy) is 1. The van der Waals surface area contributed by atoms with Gasteiger partial charge in [0.15, 0.2) is 5.75 Å². The molecule has 1 amide bonds. The lowest BCUT2D eigenvalue weighted by Crippen LogP contribution is -2.13. The molecular formula is C27H23N3O2S. The number of amides is 1. The molecule has 0 radical (unpaired) electrons. The normalized spacial score (nSPS) is 10.5. The van der Waals surface area contributed by atoms with Crippen LogP contribution in [0.3, 0.4) is 0 Å². The van der Waals surface area contributed by atoms with Gasteiger partial charge >= 0.3 is 0 Å². The maximum absolute atomic E-state index is 13.0. The average molecular weight is 454 g/mol. The van der Waals surface area contributed by atoms with Crippen LogP contribution < -0.4 is 15.8 Å². The van der Waals surface area contributed by atoms with E-state index in [0.29, 0.717) is 28.3 Å². The lowest BCUT2D eigenvalue weighted by Gasteiger charge is -2.14. The van der Waals surface area contributed by atoms with E-state index < -0.39 is 0 Å². The van der Waals surface area contributed by atoms with Crippen molar-refractivity contribution in [1.29, 1.82) is 5.41 Å². The number of nitrogens with one attached hydrogen (secondary N) is 2. The van der Waals surface area contributed by atoms with E-state index in [2.05, 4.69) is 17.9 Å². The van der Waals surface area contributed by atoms with Crippen molar-refractivity contribution in [2.24, 2.45) is 5.73 Å². The van der Waals surface area contributed by atoms with Gasteiger partial charge in [-0.25, -0.2) is 0 Å². The Bertz CT molecular complexity index is 1330. The first-order valence-electron chi connectivity index (χ1n) is 10.3. The van der Waals surface area contributed by atoms with Crippen molar-refractivity contribution >= 4 is 30.1 Å². The number of aryl methyl sites for hydroxylation is 1. The van der Waals surface area contributed by atoms with Crippen LogP contribution >= 0.6 is 12.6 Å². The smallest absolute Gasteiger partial charge is 0.255 e. The van der Waals surface area contributed by atoms with E-state index in [1.165, 1.54) is 0 Å². The highest BCUT2D eigenvalue weighted by molar-refractivity contribution is 7.80. The van der Waals surface area contributed by atoms with Gasteiger partial charge in [0, 0.05) is 16.0 Å². The van der Waals surface area contributed by atoms with Crippen molar-refractivity contribution in [2.45, 2.75) is 11.8 Å². The van der Waals surface area contributed by atoms with E-state index in [4.69, 9.17) is 15.9 Å². The minimum Gasteiger partial charge on any atom is -0.455 e. The highest BCUT2D eigenvalue weighted by Gasteiger charge is 2.12. The Morgan fingerprint density at radius 2 is 1.67 bits per heavy atom. The average Bonchev–Trinajstić information content (AvgIpc) is 2.81. The van der Waals surface area contributed by atoms with Crippen LogP contribution in [0, 0.1) is 12.3 Å². The first-order valence-corrected chi connectivity index (χ1v) is 10.8. The highest BCUT2D eigenvalue weighted by Crippen LogP contribution is 2.32. The summed E-state index contributed by atoms with van der Waals surface area (Å²) in [6, 6.07) is 27.7. The maximum Gasteiger partial charge on any atom is 0.255 e. The quantitative estimate of drug-likeness (QED) is 0.157. The molecule has 0 saturated heterocycles. The van der Waals surface area contributed by atoms with Crippen molar-refractivity contribution in [1.82, 2.24) is 0 Å². The van der Waals surface area contributed by atoms with Gasteiger partial charge in [0.25, 0.3) is 5.91 Å². The number of nitrogens with two attached hydrogens (primary N) is 1. The Kier molecular flexibility index (Phi) is 6.47. The SMILES string of the molecule is Cc1ccc(Oc2cccc(C(=N)N)c2)c(NC(=O)c2ccc(-c3ccccc3S)cc2)c1. The minimum atomic E-state index is -0.242. The monoisotopic (exact) mass is 453 g/mol. The summed E-state index contributed by atoms with van der Waals surface area (Å²) in [5.74, 6) is 0.739. The van der Waals surface area contributed by atoms with Crippen LogP contribution in [0.5, 0.6) is 11.5 Å². The molecule has 4 aromatic carbocycles. The number of hydrogen-bond acceptors (Lipinski definition) is 4. The van der Waals surface area contributed by atoms with Gasteiger partial charge in [0.2, 0.25) is 0 Å². The third-order valence-corrected chi connectivity index (χ3v) is 5.51. The summed E-state index contributed by atoms with van der Waals surface area (Å²) < 4.78 is 6.01. The van der Waals surface area contributed by atoms with Crippen LogP contribution in [0.2, 0.25) is 0 Å². The van der Waals surface area contributed by atoms with Gasteiger partial charge in [-0.2, -0.15) is 0 Å². The Morgan fingerprint density at radius 3 is 2.39 bits per heavy atom. The van der Waals surface area contributed by atoms with Crippen LogP contribution in [0.4, 0.5) is 5.69 Å². The topological polar surface area (TPSA) is 88.2 Å². The lowest BCUT2D eigenvalue weighted by atomic mass is 10.0. The Morgan fingerprint density at radius 1 is 0.909 bits per heavy atom. The van der Waals surface area contributed by atoms with E-state index in [1.54, 1.807) is 42.5 Å². The predicted octanol–water partition coefficient (Wildman–Crippen LogP) is 6.28. The van der Waals surface area contributed by atoms with E-state index >= 15 is 0 Å². The summed E-state index contributed by atoms with van der Waals surface area (Å²) in [5, 5.41) is 10.6. The fourth-order valence-corrected chi connectivity index (χ4v) is 3.69. The van der Waals surface area contributed by atoms with Gasteiger partial charge < -0.3 is 15.8 Å². The molecule has 0 heterocycles. The molecule has 33 heavy (non-hydrogen) atoms. The number of carbonyl (C=O) groups is 1. The van der Waals surface area contributed by atoms with Crippen LogP contribution in [-0.2, 0) is 0 Å². The molecule has 0 atom stereocenters. The second kappa shape index (κ2) is 9.63. The number of nitrogen functional groups attached to an aromatic ring is 1. The molecule has 6 heteroatoms. The molecule has 4 aromatic rings. The molecule has 0 fully saturated rings. The van der Waals surface area contributed by atoms with E-state index in [1.807, 2.05) is 55.5 Å². The van der Waals surface area contributed by atoms with Gasteiger partial charge in [-0.1, -0.05) is 48.5 Å². The van der Waals surface area contributed by atoms with Crippen molar-refractivity contribution in [2.75, 3.05) is 5.32 Å². The number of rotatable bonds is 6. The largest absolute Gasteiger partial charge is 0.455 e. The van der Waals surface area contributed by atoms with E-state index in [0.717, 1.165) is 21.6 Å². The molecule has 0 saturated carbocycles. The lowest BCUT2D eigenvalue weighted by molar-refractivity contribution is 0.102. The third-order valence-electron chi connectivity index (χ3n) is 5.12. The van der Waals surface area contributed by atoms with Crippen LogP contribution in [0.15, 0.2) is 95.9 Å². The Hall–Kier alpha value is -4.03. The summed E-state index contributed by atoms with van der Waals surface area (Å²) in [6.45, 7) is 1.94. The van der Waals surface area contributed by atoms with Gasteiger partial charge in [0.1, 0.15) is 11.6 Å². The van der Waals surface area contributed by atoms with Gasteiger partial charge in [-0.15, -0.1) is 12.6 Å². The van der Waals surface area contributed by atoms with Crippen LogP contribution in [0.1, 0.15) is 21.5 Å². The standard InChI is InChI=1S/C27H23N3O2S/c1-17-9-14-24(32-21-6-4-5-20(16-21)26(28)29)23(15-17)30-27(31)19-12-10-18(11-13-19)22-7-2-3-8-25(22)33/h2-16,33H,1H3,(H3,28,29)(H,30,31). The predicted molar refractivity (Wildman–Crippen MR) is 136 cm³/mol. The molecule has 0 spiro atoms. The molecule has 4 N–H and O–H groups in total. The number of benzene rings is 4. The second-order valence-corrected chi connectivity index (χ2v) is 8.07. The Labute approximate surface area is 198 Å². The van der Waals surface area contributed by atoms with Crippen molar-refractivity contribution in [3.8, 4) is 22.6 Å². The number of amidine groups is 1. The van der Waals surface area contributed by atoms with Gasteiger partial charge in [0.05, 0.1) is 5.69 Å². The van der Waals surface area contributed by atoms with E-state index in [-0.39, 0.29) is 11.7 Å². The molecule has 164 valence electrons. The van der Waals surface area contributed by atoms with Crippen LogP contribution in [-0.4, -0.2) is 11.7 Å². The molecule has 0 aliphatic rings. The number of carbonyl (C=O) groups excluding carboxylic acids is 1. The van der Waals surface area contributed by atoms with Crippen molar-refractivity contribution in [3.63, 3.8) is 0 Å². The number of thiol groups is 1. The molecule has 5 nitrogen and oxygen atoms in total. The minimum absolute atomic E-state index is 0.0399. The summed E-state index contributed by atoms with van der Waals surface area (Å²) in [6.07, 6.45) is 0. The molecular weight excluding hydrogens is 430 g/mol. The van der Waals surface area contributed by atoms with Gasteiger partial charge in [-0.05, 0) is 66.1 Å². The second-order valence-electron chi connectivity index (χ2n) is 7.59. The third kappa shape index (κ3) is 5.25. The zero-order valence-electron chi connectivity index (χ0n) is 18.0. The molecule has 4 rings (SSSR count). The van der Waals surface area contributed by atoms with Crippen LogP contribution in [0.25, 0.3) is 11.1 Å². The maximum atomic E-state index is 13.0. The Balaban J connectivity index is 1.56. The summed E-state index contributed by atoms with van der Waals surface area (Å²) >= 11 is 4.51.